The Morgan fingerprint density at radius 2 is 2.13 bits per heavy atom. The molecule has 15 heavy (non-hydrogen) atoms. The van der Waals surface area contributed by atoms with E-state index >= 15 is 0 Å². The first-order valence-corrected chi connectivity index (χ1v) is 7.25. The summed E-state index contributed by atoms with van der Waals surface area (Å²) in [5.74, 6) is 0. The topological polar surface area (TPSA) is 22.0 Å². The smallest absolute Gasteiger partial charge is 0.302 e. The van der Waals surface area contributed by atoms with Crippen LogP contribution in [-0.2, 0) is 6.54 Å². The molecule has 84 valence electrons. The molecule has 0 saturated heterocycles. The van der Waals surface area contributed by atoms with Crippen molar-refractivity contribution in [2.24, 2.45) is 5.41 Å². The van der Waals surface area contributed by atoms with Crippen LogP contribution >= 0.6 is 27.3 Å². The summed E-state index contributed by atoms with van der Waals surface area (Å²) >= 11 is 4.96. The van der Waals surface area contributed by atoms with Gasteiger partial charge in [0.05, 0.1) is 0 Å². The van der Waals surface area contributed by atoms with Crippen LogP contribution in [0.5, 0.6) is 0 Å². The number of hydrogen-bond acceptors (Lipinski definition) is 2. The third-order valence-corrected chi connectivity index (χ3v) is 5.75. The number of hydrogen-bond donors (Lipinski definition) is 0. The molecule has 0 radical (unpaired) electrons. The summed E-state index contributed by atoms with van der Waals surface area (Å²) < 4.78 is 1.96. The van der Waals surface area contributed by atoms with Crippen LogP contribution in [0.2, 0.25) is 0 Å². The molecule has 0 N–H and O–H groups in total. The van der Waals surface area contributed by atoms with E-state index in [1.54, 1.807) is 0 Å². The number of nitrogens with zero attached hydrogens (tertiary/aromatic N) is 1. The zero-order chi connectivity index (χ0) is 11.1. The van der Waals surface area contributed by atoms with E-state index in [0.29, 0.717) is 5.41 Å². The molecule has 0 atom stereocenters. The van der Waals surface area contributed by atoms with Gasteiger partial charge >= 0.3 is 4.87 Å². The van der Waals surface area contributed by atoms with Crippen LogP contribution in [0.3, 0.4) is 0 Å². The first-order valence-electron chi connectivity index (χ1n) is 5.31. The summed E-state index contributed by atoms with van der Waals surface area (Å²) in [5, 5.41) is 1.01. The van der Waals surface area contributed by atoms with Gasteiger partial charge in [-0.15, -0.1) is 0 Å². The van der Waals surface area contributed by atoms with E-state index in [2.05, 4.69) is 15.9 Å². The van der Waals surface area contributed by atoms with Crippen molar-refractivity contribution in [1.29, 1.82) is 0 Å². The molecular formula is C11H16BrNOS. The van der Waals surface area contributed by atoms with Crippen molar-refractivity contribution in [2.75, 3.05) is 5.33 Å². The van der Waals surface area contributed by atoms with Gasteiger partial charge in [-0.1, -0.05) is 33.7 Å². The predicted molar refractivity (Wildman–Crippen MR) is 68.1 cm³/mol. The van der Waals surface area contributed by atoms with Crippen LogP contribution in [0, 0.1) is 19.3 Å². The van der Waals surface area contributed by atoms with Gasteiger partial charge in [-0.2, -0.15) is 0 Å². The summed E-state index contributed by atoms with van der Waals surface area (Å²) in [5.41, 5.74) is 1.50. The van der Waals surface area contributed by atoms with Crippen LogP contribution < -0.4 is 4.87 Å². The molecule has 1 aliphatic carbocycles. The van der Waals surface area contributed by atoms with Gasteiger partial charge in [0.25, 0.3) is 0 Å². The molecule has 0 aromatic carbocycles. The molecule has 2 nitrogen and oxygen atoms in total. The van der Waals surface area contributed by atoms with Gasteiger partial charge in [0.1, 0.15) is 0 Å². The molecule has 0 spiro atoms. The molecule has 0 bridgehead atoms. The molecule has 1 aliphatic rings. The first-order chi connectivity index (χ1) is 7.08. The Kier molecular flexibility index (Phi) is 3.08. The molecule has 0 aliphatic heterocycles. The Morgan fingerprint density at radius 3 is 2.47 bits per heavy atom. The van der Waals surface area contributed by atoms with E-state index < -0.39 is 0 Å². The number of alkyl halides is 1. The van der Waals surface area contributed by atoms with E-state index in [9.17, 15) is 4.79 Å². The fourth-order valence-electron chi connectivity index (χ4n) is 2.12. The third-order valence-electron chi connectivity index (χ3n) is 3.57. The summed E-state index contributed by atoms with van der Waals surface area (Å²) in [4.78, 5) is 13.1. The Morgan fingerprint density at radius 1 is 1.47 bits per heavy atom. The number of aromatic nitrogens is 1. The molecule has 4 heteroatoms. The lowest BCUT2D eigenvalue weighted by molar-refractivity contribution is 0.138. The Hall–Kier alpha value is -0.0900. The zero-order valence-corrected chi connectivity index (χ0v) is 11.6. The van der Waals surface area contributed by atoms with Crippen molar-refractivity contribution in [2.45, 2.75) is 39.7 Å². The number of aryl methyl sites for hydroxylation is 1. The molecule has 1 saturated carbocycles. The molecule has 1 aromatic rings. The molecule has 1 fully saturated rings. The lowest BCUT2D eigenvalue weighted by Crippen LogP contribution is -2.38. The summed E-state index contributed by atoms with van der Waals surface area (Å²) in [6.45, 7) is 4.97. The molecular weight excluding hydrogens is 274 g/mol. The highest BCUT2D eigenvalue weighted by atomic mass is 79.9. The predicted octanol–water partition coefficient (Wildman–Crippen LogP) is 3.09. The van der Waals surface area contributed by atoms with Gasteiger partial charge in [0.2, 0.25) is 0 Å². The van der Waals surface area contributed by atoms with Gasteiger partial charge in [-0.05, 0) is 32.1 Å². The molecule has 0 amide bonds. The van der Waals surface area contributed by atoms with Crippen molar-refractivity contribution in [1.82, 2.24) is 4.57 Å². The van der Waals surface area contributed by atoms with Crippen LogP contribution in [-0.4, -0.2) is 9.90 Å². The summed E-state index contributed by atoms with van der Waals surface area (Å²) in [6.07, 6.45) is 3.81. The number of rotatable bonds is 3. The van der Waals surface area contributed by atoms with Crippen LogP contribution in [0.15, 0.2) is 4.79 Å². The highest BCUT2D eigenvalue weighted by Gasteiger charge is 2.37. The molecule has 0 unspecified atom stereocenters. The fraction of sp³-hybridized carbons (Fsp3) is 0.727. The molecule has 1 aromatic heterocycles. The van der Waals surface area contributed by atoms with Crippen molar-refractivity contribution >= 4 is 27.3 Å². The van der Waals surface area contributed by atoms with Gasteiger partial charge < -0.3 is 4.57 Å². The normalized spacial score (nSPS) is 18.9. The molecule has 1 heterocycles. The van der Waals surface area contributed by atoms with Crippen LogP contribution in [0.4, 0.5) is 0 Å². The monoisotopic (exact) mass is 289 g/mol. The second-order valence-electron chi connectivity index (χ2n) is 4.58. The average molecular weight is 290 g/mol. The Bertz CT molecular complexity index is 411. The average Bonchev–Trinajstić information content (AvgIpc) is 2.37. The summed E-state index contributed by atoms with van der Waals surface area (Å²) in [7, 11) is 0. The first kappa shape index (κ1) is 11.4. The Balaban J connectivity index is 2.27. The minimum absolute atomic E-state index is 0.206. The largest absolute Gasteiger partial charge is 0.307 e. The van der Waals surface area contributed by atoms with Gasteiger partial charge in [0, 0.05) is 22.4 Å². The van der Waals surface area contributed by atoms with Crippen molar-refractivity contribution in [3.8, 4) is 0 Å². The van der Waals surface area contributed by atoms with Crippen LogP contribution in [0.1, 0.15) is 29.8 Å². The van der Waals surface area contributed by atoms with Crippen LogP contribution in [0.25, 0.3) is 0 Å². The SMILES string of the molecule is Cc1sc(=O)n(CC2(CBr)CCC2)c1C. The standard InChI is InChI=1S/C11H16BrNOS/c1-8-9(2)15-10(14)13(8)7-11(6-12)4-3-5-11/h3-7H2,1-2H3. The minimum atomic E-state index is 0.206. The Labute approximate surface area is 102 Å². The van der Waals surface area contributed by atoms with Gasteiger partial charge in [-0.25, -0.2) is 0 Å². The highest BCUT2D eigenvalue weighted by molar-refractivity contribution is 9.09. The van der Waals surface area contributed by atoms with E-state index in [4.69, 9.17) is 0 Å². The lowest BCUT2D eigenvalue weighted by atomic mass is 9.70. The summed E-state index contributed by atoms with van der Waals surface area (Å²) in [6, 6.07) is 0. The zero-order valence-electron chi connectivity index (χ0n) is 9.18. The second-order valence-corrected chi connectivity index (χ2v) is 6.31. The maximum atomic E-state index is 11.8. The quantitative estimate of drug-likeness (QED) is 0.784. The van der Waals surface area contributed by atoms with Crippen molar-refractivity contribution < 1.29 is 0 Å². The van der Waals surface area contributed by atoms with E-state index in [1.165, 1.54) is 30.6 Å². The second kappa shape index (κ2) is 4.06. The van der Waals surface area contributed by atoms with Crippen molar-refractivity contribution in [3.05, 3.63) is 20.2 Å². The number of thiazole rings is 1. The van der Waals surface area contributed by atoms with Crippen molar-refractivity contribution in [3.63, 3.8) is 0 Å². The third kappa shape index (κ3) is 1.94. The highest BCUT2D eigenvalue weighted by Crippen LogP contribution is 2.43. The van der Waals surface area contributed by atoms with Gasteiger partial charge in [-0.3, -0.25) is 4.79 Å². The fourth-order valence-corrected chi connectivity index (χ4v) is 3.69. The molecule has 2 rings (SSSR count). The number of halogens is 1. The lowest BCUT2D eigenvalue weighted by Gasteiger charge is -2.40. The maximum Gasteiger partial charge on any atom is 0.307 e. The minimum Gasteiger partial charge on any atom is -0.302 e. The maximum absolute atomic E-state index is 11.8. The van der Waals surface area contributed by atoms with E-state index in [1.807, 2.05) is 18.4 Å². The van der Waals surface area contributed by atoms with E-state index in [-0.39, 0.29) is 4.87 Å². The van der Waals surface area contributed by atoms with E-state index in [0.717, 1.165) is 22.4 Å². The van der Waals surface area contributed by atoms with Gasteiger partial charge in [0.15, 0.2) is 0 Å².